The Morgan fingerprint density at radius 2 is 1.40 bits per heavy atom. The molecule has 0 bridgehead atoms. The molecule has 0 radical (unpaired) electrons. The van der Waals surface area contributed by atoms with Crippen LogP contribution < -0.4 is 0 Å². The van der Waals surface area contributed by atoms with Gasteiger partial charge in [0, 0.05) is 0 Å². The second kappa shape index (κ2) is 5.51. The number of nitrogens with zero attached hydrogens (tertiary/aromatic N) is 1. The van der Waals surface area contributed by atoms with Gasteiger partial charge >= 0.3 is 30.5 Å². The van der Waals surface area contributed by atoms with Gasteiger partial charge in [0.1, 0.15) is 0 Å². The van der Waals surface area contributed by atoms with Crippen molar-refractivity contribution in [2.75, 3.05) is 6.61 Å². The topological polar surface area (TPSA) is 21.7 Å². The molecule has 0 aromatic carbocycles. The first-order chi connectivity index (χ1) is 11.0. The van der Waals surface area contributed by atoms with Crippen LogP contribution in [0.15, 0.2) is 12.0 Å². The Hall–Kier alpha value is -1.47. The van der Waals surface area contributed by atoms with Crippen molar-refractivity contribution in [2.24, 2.45) is 5.92 Å². The molecular formula is C11H8F11NO2. The van der Waals surface area contributed by atoms with Crippen molar-refractivity contribution in [1.29, 1.82) is 0 Å². The number of hydrogen-bond acceptors (Lipinski definition) is 3. The Labute approximate surface area is 131 Å². The van der Waals surface area contributed by atoms with Crippen LogP contribution in [0, 0.1) is 5.92 Å². The average molecular weight is 395 g/mol. The lowest BCUT2D eigenvalue weighted by Crippen LogP contribution is -2.72. The van der Waals surface area contributed by atoms with Gasteiger partial charge in [0.2, 0.25) is 5.76 Å². The van der Waals surface area contributed by atoms with Crippen LogP contribution in [-0.4, -0.2) is 42.0 Å². The molecule has 25 heavy (non-hydrogen) atoms. The molecule has 3 nitrogen and oxygen atoms in total. The number of hydrogen-bond donors (Lipinski definition) is 0. The summed E-state index contributed by atoms with van der Waals surface area (Å²) in [6.07, 6.45) is -18.6. The predicted octanol–water partition coefficient (Wildman–Crippen LogP) is 4.52. The van der Waals surface area contributed by atoms with Gasteiger partial charge < -0.3 is 4.74 Å². The predicted molar refractivity (Wildman–Crippen MR) is 55.5 cm³/mol. The van der Waals surface area contributed by atoms with E-state index in [2.05, 4.69) is 9.47 Å². The van der Waals surface area contributed by atoms with Crippen molar-refractivity contribution in [3.8, 4) is 0 Å². The lowest BCUT2D eigenvalue weighted by Gasteiger charge is -2.46. The third-order valence-corrected chi connectivity index (χ3v) is 3.26. The van der Waals surface area contributed by atoms with Crippen molar-refractivity contribution in [3.63, 3.8) is 0 Å². The molecule has 0 aromatic heterocycles. The highest BCUT2D eigenvalue weighted by Gasteiger charge is 2.82. The number of alkyl halides is 11. The van der Waals surface area contributed by atoms with Gasteiger partial charge in [-0.05, 0) is 18.8 Å². The van der Waals surface area contributed by atoms with Gasteiger partial charge in [0.15, 0.2) is 0 Å². The van der Waals surface area contributed by atoms with Gasteiger partial charge in [0.05, 0.1) is 12.8 Å². The van der Waals surface area contributed by atoms with Gasteiger partial charge in [-0.15, -0.1) is 0 Å². The smallest absolute Gasteiger partial charge is 0.450 e. The zero-order chi connectivity index (χ0) is 19.5. The fraction of sp³-hybridized carbons (Fsp3) is 0.818. The molecule has 0 aromatic rings. The molecule has 1 saturated carbocycles. The molecule has 0 spiro atoms. The van der Waals surface area contributed by atoms with E-state index >= 15 is 0 Å². The summed E-state index contributed by atoms with van der Waals surface area (Å²) in [6, 6.07) is -12.4. The molecule has 2 aliphatic rings. The maximum Gasteiger partial charge on any atom is 0.450 e. The fourth-order valence-corrected chi connectivity index (χ4v) is 1.70. The molecule has 2 fully saturated rings. The van der Waals surface area contributed by atoms with E-state index in [1.54, 1.807) is 0 Å². The largest absolute Gasteiger partial charge is 0.488 e. The summed E-state index contributed by atoms with van der Waals surface area (Å²) in [7, 11) is 0. The van der Waals surface area contributed by atoms with E-state index in [1.165, 1.54) is 0 Å². The van der Waals surface area contributed by atoms with E-state index in [-0.39, 0.29) is 0 Å². The van der Waals surface area contributed by atoms with Gasteiger partial charge in [-0.2, -0.15) is 48.3 Å². The lowest BCUT2D eigenvalue weighted by atomic mass is 10.3. The highest BCUT2D eigenvalue weighted by atomic mass is 19.4. The number of allylic oxidation sites excluding steroid dienone is 1. The van der Waals surface area contributed by atoms with Crippen LogP contribution >= 0.6 is 0 Å². The third-order valence-electron chi connectivity index (χ3n) is 3.26. The Morgan fingerprint density at radius 1 is 0.960 bits per heavy atom. The molecule has 1 aliphatic heterocycles. The summed E-state index contributed by atoms with van der Waals surface area (Å²) in [5, 5.41) is 0. The van der Waals surface area contributed by atoms with Crippen LogP contribution in [0.4, 0.5) is 48.3 Å². The summed E-state index contributed by atoms with van der Waals surface area (Å²) < 4.78 is 150. The molecule has 1 saturated heterocycles. The zero-order valence-corrected chi connectivity index (χ0v) is 11.7. The Balaban J connectivity index is 2.48. The molecule has 14 heteroatoms. The highest BCUT2D eigenvalue weighted by molar-refractivity contribution is 5.07. The molecule has 0 unspecified atom stereocenters. The number of morpholine rings is 1. The standard InChI is InChI=1S/C11H8F11NO2/c12-7(13,14)6(24-4-5-1-2-5)3-23-8(15,16)10(19,20)25-11(21,22)9(23,17)18/h3,5H,1-2,4H2. The van der Waals surface area contributed by atoms with E-state index in [1.807, 2.05) is 0 Å². The SMILES string of the molecule is FC(F)(F)C(=CN1C(F)(F)C(F)(F)OC(F)(F)C1(F)F)OCC1CC1. The van der Waals surface area contributed by atoms with E-state index in [0.29, 0.717) is 12.8 Å². The Morgan fingerprint density at radius 3 is 1.76 bits per heavy atom. The van der Waals surface area contributed by atoms with Crippen LogP contribution in [0.5, 0.6) is 0 Å². The van der Waals surface area contributed by atoms with E-state index in [9.17, 15) is 48.3 Å². The van der Waals surface area contributed by atoms with E-state index < -0.39 is 59.9 Å². The first kappa shape index (κ1) is 19.8. The summed E-state index contributed by atoms with van der Waals surface area (Å²) in [5.74, 6) is -2.97. The minimum Gasteiger partial charge on any atom is -0.488 e. The monoisotopic (exact) mass is 395 g/mol. The molecule has 0 N–H and O–H groups in total. The average Bonchev–Trinajstić information content (AvgIpc) is 3.17. The van der Waals surface area contributed by atoms with Gasteiger partial charge in [0.25, 0.3) is 0 Å². The van der Waals surface area contributed by atoms with Crippen molar-refractivity contribution < 1.29 is 57.8 Å². The van der Waals surface area contributed by atoms with Gasteiger partial charge in [-0.25, -0.2) is 9.64 Å². The van der Waals surface area contributed by atoms with Crippen molar-refractivity contribution in [2.45, 2.75) is 43.3 Å². The van der Waals surface area contributed by atoms with E-state index in [4.69, 9.17) is 0 Å². The van der Waals surface area contributed by atoms with Crippen LogP contribution in [0.2, 0.25) is 0 Å². The molecule has 0 amide bonds. The highest BCUT2D eigenvalue weighted by Crippen LogP contribution is 2.56. The van der Waals surface area contributed by atoms with Crippen molar-refractivity contribution in [1.82, 2.24) is 4.90 Å². The van der Waals surface area contributed by atoms with Crippen LogP contribution in [0.3, 0.4) is 0 Å². The maximum atomic E-state index is 13.4. The normalized spacial score (nSPS) is 28.0. The van der Waals surface area contributed by atoms with Gasteiger partial charge in [-0.3, -0.25) is 0 Å². The van der Waals surface area contributed by atoms with Crippen molar-refractivity contribution >= 4 is 0 Å². The summed E-state index contributed by atoms with van der Waals surface area (Å²) in [5.41, 5.74) is 0. The Bertz CT molecular complexity index is 527. The van der Waals surface area contributed by atoms with Crippen LogP contribution in [0.1, 0.15) is 12.8 Å². The zero-order valence-electron chi connectivity index (χ0n) is 11.7. The first-order valence-electron chi connectivity index (χ1n) is 6.45. The second-order valence-electron chi connectivity index (χ2n) is 5.33. The Kier molecular flexibility index (Phi) is 4.38. The van der Waals surface area contributed by atoms with Crippen molar-refractivity contribution in [3.05, 3.63) is 12.0 Å². The first-order valence-corrected chi connectivity index (χ1v) is 6.45. The minimum absolute atomic E-state index is 0.408. The number of rotatable bonds is 4. The lowest BCUT2D eigenvalue weighted by molar-refractivity contribution is -0.555. The third kappa shape index (κ3) is 3.44. The summed E-state index contributed by atoms with van der Waals surface area (Å²) in [4.78, 5) is -2.39. The van der Waals surface area contributed by atoms with Crippen LogP contribution in [0.25, 0.3) is 0 Å². The molecule has 0 atom stereocenters. The minimum atomic E-state index is -6.22. The molecule has 1 heterocycles. The maximum absolute atomic E-state index is 13.4. The number of ether oxygens (including phenoxy) is 2. The fourth-order valence-electron chi connectivity index (χ4n) is 1.70. The number of halogens is 11. The quantitative estimate of drug-likeness (QED) is 0.397. The van der Waals surface area contributed by atoms with Gasteiger partial charge in [-0.1, -0.05) is 0 Å². The molecular weight excluding hydrogens is 387 g/mol. The summed E-state index contributed by atoms with van der Waals surface area (Å²) in [6.45, 7) is -0.736. The molecule has 146 valence electrons. The molecule has 2 rings (SSSR count). The van der Waals surface area contributed by atoms with E-state index in [0.717, 1.165) is 0 Å². The summed E-state index contributed by atoms with van der Waals surface area (Å²) >= 11 is 0. The van der Waals surface area contributed by atoms with Crippen LogP contribution in [-0.2, 0) is 9.47 Å². The molecule has 1 aliphatic carbocycles. The second-order valence-corrected chi connectivity index (χ2v) is 5.33.